The van der Waals surface area contributed by atoms with Gasteiger partial charge in [0.2, 0.25) is 5.91 Å². The number of ether oxygens (including phenoxy) is 2. The molecule has 10 nitrogen and oxygen atoms in total. The molecule has 0 bridgehead atoms. The van der Waals surface area contributed by atoms with Gasteiger partial charge in [0.1, 0.15) is 12.3 Å². The summed E-state index contributed by atoms with van der Waals surface area (Å²) in [5.74, 6) is -0.289. The van der Waals surface area contributed by atoms with Crippen LogP contribution in [0.4, 0.5) is 0 Å². The summed E-state index contributed by atoms with van der Waals surface area (Å²) in [6.45, 7) is 5.03. The van der Waals surface area contributed by atoms with Crippen LogP contribution in [0.1, 0.15) is 36.6 Å². The second-order valence-electron chi connectivity index (χ2n) is 8.43. The number of likely N-dealkylation sites (N-methyl/N-ethyl adjacent to an activating group) is 1. The number of benzene rings is 1. The van der Waals surface area contributed by atoms with Gasteiger partial charge in [-0.15, -0.1) is 0 Å². The van der Waals surface area contributed by atoms with E-state index in [1.807, 2.05) is 35.9 Å². The van der Waals surface area contributed by atoms with Crippen molar-refractivity contribution >= 4 is 23.2 Å². The van der Waals surface area contributed by atoms with E-state index in [0.717, 1.165) is 42.4 Å². The minimum atomic E-state index is -0.730. The lowest BCUT2D eigenvalue weighted by atomic mass is 10.1. The lowest BCUT2D eigenvalue weighted by Gasteiger charge is -2.16. The van der Waals surface area contributed by atoms with Gasteiger partial charge < -0.3 is 19.6 Å². The third-order valence-corrected chi connectivity index (χ3v) is 6.07. The molecule has 10 heteroatoms. The number of aryl methyl sites for hydroxylation is 3. The fourth-order valence-electron chi connectivity index (χ4n) is 4.12. The molecule has 0 radical (unpaired) electrons. The molecule has 3 rings (SSSR count). The van der Waals surface area contributed by atoms with Crippen LogP contribution in [0.5, 0.6) is 0 Å². The lowest BCUT2D eigenvalue weighted by molar-refractivity contribution is -0.124. The molecule has 2 heterocycles. The highest BCUT2D eigenvalue weighted by Crippen LogP contribution is 2.22. The van der Waals surface area contributed by atoms with E-state index in [0.29, 0.717) is 31.9 Å². The highest BCUT2D eigenvalue weighted by Gasteiger charge is 2.24. The minimum absolute atomic E-state index is 0.202. The number of hydrogen-bond acceptors (Lipinski definition) is 6. The normalized spacial score (nSPS) is 12.2. The van der Waals surface area contributed by atoms with Gasteiger partial charge in [0.15, 0.2) is 0 Å². The number of nitrogens with zero attached hydrogens (tertiary/aromatic N) is 4. The Kier molecular flexibility index (Phi) is 9.80. The first kappa shape index (κ1) is 26.4. The molecule has 1 aromatic carbocycles. The van der Waals surface area contributed by atoms with Crippen molar-refractivity contribution in [2.45, 2.75) is 45.2 Å². The Morgan fingerprint density at radius 2 is 1.91 bits per heavy atom. The van der Waals surface area contributed by atoms with Gasteiger partial charge in [-0.25, -0.2) is 4.79 Å². The van der Waals surface area contributed by atoms with E-state index in [-0.39, 0.29) is 24.4 Å². The molecule has 190 valence electrons. The average molecular weight is 486 g/mol. The first-order chi connectivity index (χ1) is 17.0. The molecule has 1 unspecified atom stereocenters. The van der Waals surface area contributed by atoms with Gasteiger partial charge in [0, 0.05) is 39.0 Å². The molecule has 2 aromatic heterocycles. The van der Waals surface area contributed by atoms with Crippen LogP contribution in [0.15, 0.2) is 35.3 Å². The van der Waals surface area contributed by atoms with E-state index in [9.17, 15) is 14.4 Å². The van der Waals surface area contributed by atoms with Crippen molar-refractivity contribution < 1.29 is 19.1 Å². The molecule has 0 aliphatic carbocycles. The highest BCUT2D eigenvalue weighted by atomic mass is 16.5. The summed E-state index contributed by atoms with van der Waals surface area (Å²) in [5.41, 5.74) is 3.37. The predicted molar refractivity (Wildman–Crippen MR) is 133 cm³/mol. The Balaban J connectivity index is 1.49. The zero-order valence-electron chi connectivity index (χ0n) is 20.7. The number of aldehydes is 1. The summed E-state index contributed by atoms with van der Waals surface area (Å²) in [6.07, 6.45) is 4.66. The number of amides is 1. The van der Waals surface area contributed by atoms with Crippen molar-refractivity contribution in [3.8, 4) is 0 Å². The standard InChI is InChI=1S/C25H35N5O5/c1-19-10-11-27-29(19)12-15-35-17-16-34-14-5-6-20-8-9-21-23(18-20)28(3)25(33)30(21)22(7-4-13-31)24(32)26-2/h8-11,13,18,22H,4-7,12,14-17H2,1-3H3,(H,26,32). The van der Waals surface area contributed by atoms with E-state index < -0.39 is 6.04 Å². The molecule has 0 aliphatic heterocycles. The molecule has 0 aliphatic rings. The van der Waals surface area contributed by atoms with E-state index >= 15 is 0 Å². The zero-order valence-corrected chi connectivity index (χ0v) is 20.7. The summed E-state index contributed by atoms with van der Waals surface area (Å²) in [6, 6.07) is 7.06. The van der Waals surface area contributed by atoms with Crippen LogP contribution in [0, 0.1) is 6.92 Å². The number of nitrogens with one attached hydrogen (secondary N) is 1. The number of carbonyl (C=O) groups excluding carboxylic acids is 2. The summed E-state index contributed by atoms with van der Waals surface area (Å²) < 4.78 is 16.2. The Hall–Kier alpha value is -3.24. The Labute approximate surface area is 204 Å². The van der Waals surface area contributed by atoms with Crippen LogP contribution in [-0.2, 0) is 39.1 Å². The summed E-state index contributed by atoms with van der Waals surface area (Å²) in [4.78, 5) is 36.2. The van der Waals surface area contributed by atoms with Gasteiger partial charge in [-0.2, -0.15) is 5.10 Å². The molecule has 1 atom stereocenters. The first-order valence-corrected chi connectivity index (χ1v) is 12.0. The van der Waals surface area contributed by atoms with E-state index in [4.69, 9.17) is 9.47 Å². The fourth-order valence-corrected chi connectivity index (χ4v) is 4.12. The van der Waals surface area contributed by atoms with Gasteiger partial charge >= 0.3 is 5.69 Å². The summed E-state index contributed by atoms with van der Waals surface area (Å²) in [5, 5.41) is 6.82. The van der Waals surface area contributed by atoms with E-state index in [1.54, 1.807) is 17.8 Å². The molecule has 0 saturated carbocycles. The summed E-state index contributed by atoms with van der Waals surface area (Å²) in [7, 11) is 3.23. The SMILES string of the molecule is CNC(=O)C(CCC=O)n1c(=O)n(C)c2cc(CCCOCCOCCn3nccc3C)ccc21. The molecule has 35 heavy (non-hydrogen) atoms. The molecule has 0 fully saturated rings. The number of aromatic nitrogens is 4. The molecule has 0 saturated heterocycles. The second kappa shape index (κ2) is 13.0. The van der Waals surface area contributed by atoms with Crippen LogP contribution in [-0.4, -0.2) is 64.6 Å². The number of hydrogen-bond donors (Lipinski definition) is 1. The Bertz CT molecular complexity index is 1180. The molecule has 0 spiro atoms. The maximum atomic E-state index is 12.9. The number of carbonyl (C=O) groups is 2. The fraction of sp³-hybridized carbons (Fsp3) is 0.520. The number of imidazole rings is 1. The maximum absolute atomic E-state index is 12.9. The van der Waals surface area contributed by atoms with Crippen LogP contribution < -0.4 is 11.0 Å². The van der Waals surface area contributed by atoms with Gasteiger partial charge in [0.05, 0.1) is 37.4 Å². The van der Waals surface area contributed by atoms with E-state index in [1.165, 1.54) is 11.6 Å². The van der Waals surface area contributed by atoms with Gasteiger partial charge in [-0.05, 0) is 49.9 Å². The Morgan fingerprint density at radius 3 is 2.60 bits per heavy atom. The van der Waals surface area contributed by atoms with Crippen molar-refractivity contribution in [2.75, 3.05) is 33.5 Å². The van der Waals surface area contributed by atoms with Crippen molar-refractivity contribution in [3.63, 3.8) is 0 Å². The maximum Gasteiger partial charge on any atom is 0.329 e. The molecule has 1 amide bonds. The predicted octanol–water partition coefficient (Wildman–Crippen LogP) is 1.78. The van der Waals surface area contributed by atoms with E-state index in [2.05, 4.69) is 10.4 Å². The average Bonchev–Trinajstić information content (AvgIpc) is 3.38. The second-order valence-corrected chi connectivity index (χ2v) is 8.43. The highest BCUT2D eigenvalue weighted by molar-refractivity contribution is 5.84. The zero-order chi connectivity index (χ0) is 25.2. The van der Waals surface area contributed by atoms with Crippen molar-refractivity contribution in [2.24, 2.45) is 7.05 Å². The van der Waals surface area contributed by atoms with Gasteiger partial charge in [-0.3, -0.25) is 18.6 Å². The third kappa shape index (κ3) is 6.67. The topological polar surface area (TPSA) is 109 Å². The third-order valence-electron chi connectivity index (χ3n) is 6.07. The molecular formula is C25H35N5O5. The minimum Gasteiger partial charge on any atom is -0.379 e. The number of fused-ring (bicyclic) bond motifs is 1. The number of rotatable bonds is 15. The summed E-state index contributed by atoms with van der Waals surface area (Å²) >= 11 is 0. The van der Waals surface area contributed by atoms with Gasteiger partial charge in [0.25, 0.3) is 0 Å². The largest absolute Gasteiger partial charge is 0.379 e. The van der Waals surface area contributed by atoms with Crippen molar-refractivity contribution in [3.05, 3.63) is 52.2 Å². The van der Waals surface area contributed by atoms with Crippen molar-refractivity contribution in [1.29, 1.82) is 0 Å². The molecule has 3 aromatic rings. The Morgan fingerprint density at radius 1 is 1.14 bits per heavy atom. The monoisotopic (exact) mass is 485 g/mol. The van der Waals surface area contributed by atoms with Gasteiger partial charge in [-0.1, -0.05) is 6.07 Å². The molecular weight excluding hydrogens is 450 g/mol. The van der Waals surface area contributed by atoms with Crippen LogP contribution in [0.25, 0.3) is 11.0 Å². The quantitative estimate of drug-likeness (QED) is 0.260. The molecule has 1 N–H and O–H groups in total. The van der Waals surface area contributed by atoms with Crippen LogP contribution >= 0.6 is 0 Å². The smallest absolute Gasteiger partial charge is 0.329 e. The van der Waals surface area contributed by atoms with Crippen LogP contribution in [0.2, 0.25) is 0 Å². The first-order valence-electron chi connectivity index (χ1n) is 12.0. The van der Waals surface area contributed by atoms with Crippen molar-refractivity contribution in [1.82, 2.24) is 24.2 Å². The lowest BCUT2D eigenvalue weighted by Crippen LogP contribution is -2.36. The van der Waals surface area contributed by atoms with Crippen LogP contribution in [0.3, 0.4) is 0 Å².